The zero-order valence-electron chi connectivity index (χ0n) is 17.3. The number of nitrogens with one attached hydrogen (secondary N) is 2. The molecule has 1 aliphatic rings. The number of halogens is 3. The fraction of sp³-hybridized carbons (Fsp3) is 0.381. The Morgan fingerprint density at radius 2 is 2.22 bits per heavy atom. The lowest BCUT2D eigenvalue weighted by Gasteiger charge is -2.34. The number of carbonyl (C=O) groups excluding carboxylic acids is 1. The van der Waals surface area contributed by atoms with Crippen molar-refractivity contribution in [2.45, 2.75) is 37.6 Å². The van der Waals surface area contributed by atoms with Gasteiger partial charge in [-0.15, -0.1) is 0 Å². The molecule has 0 fully saturated rings. The molecular formula is C21H23F3N6O2. The van der Waals surface area contributed by atoms with E-state index in [0.717, 1.165) is 4.68 Å². The molecule has 1 amide bonds. The molecule has 0 bridgehead atoms. The molecule has 4 rings (SSSR count). The van der Waals surface area contributed by atoms with E-state index in [1.54, 1.807) is 36.8 Å². The highest BCUT2D eigenvalue weighted by Crippen LogP contribution is 2.44. The van der Waals surface area contributed by atoms with Gasteiger partial charge in [-0.25, -0.2) is 9.67 Å². The number of hydrogen-bond acceptors (Lipinski definition) is 5. The molecule has 2 N–H and O–H groups in total. The largest absolute Gasteiger partial charge is 0.497 e. The zero-order chi connectivity index (χ0) is 22.7. The predicted molar refractivity (Wildman–Crippen MR) is 110 cm³/mol. The quantitative estimate of drug-likeness (QED) is 0.540. The Balaban J connectivity index is 1.53. The van der Waals surface area contributed by atoms with Crippen molar-refractivity contribution in [2.75, 3.05) is 19.0 Å². The maximum Gasteiger partial charge on any atom is 0.410 e. The van der Waals surface area contributed by atoms with Crippen LogP contribution in [0.25, 0.3) is 0 Å². The molecule has 1 aliphatic heterocycles. The summed E-state index contributed by atoms with van der Waals surface area (Å²) in [7, 11) is 1.50. The summed E-state index contributed by atoms with van der Waals surface area (Å²) in [6.45, 7) is 1.03. The molecule has 0 spiro atoms. The number of ether oxygens (including phenoxy) is 1. The number of amides is 1. The number of imidazole rings is 1. The van der Waals surface area contributed by atoms with E-state index in [-0.39, 0.29) is 17.8 Å². The molecule has 170 valence electrons. The van der Waals surface area contributed by atoms with Gasteiger partial charge in [-0.1, -0.05) is 12.1 Å². The Hall–Kier alpha value is -3.50. The number of hydrogen-bond donors (Lipinski definition) is 2. The van der Waals surface area contributed by atoms with Gasteiger partial charge in [-0.2, -0.15) is 18.3 Å². The maximum atomic E-state index is 13.8. The maximum absolute atomic E-state index is 13.8. The molecule has 2 atom stereocenters. The summed E-state index contributed by atoms with van der Waals surface area (Å²) in [5.41, 5.74) is 0.715. The number of aromatic nitrogens is 4. The van der Waals surface area contributed by atoms with E-state index in [9.17, 15) is 18.0 Å². The molecule has 11 heteroatoms. The number of fused-ring (bicyclic) bond motifs is 1. The summed E-state index contributed by atoms with van der Waals surface area (Å²) < 4.78 is 49.4. The highest BCUT2D eigenvalue weighted by atomic mass is 19.4. The van der Waals surface area contributed by atoms with Gasteiger partial charge < -0.3 is 19.9 Å². The molecule has 3 aromatic rings. The molecule has 3 heterocycles. The van der Waals surface area contributed by atoms with Crippen LogP contribution in [-0.2, 0) is 6.54 Å². The minimum atomic E-state index is -4.52. The van der Waals surface area contributed by atoms with Crippen LogP contribution in [-0.4, -0.2) is 45.1 Å². The Morgan fingerprint density at radius 3 is 2.94 bits per heavy atom. The summed E-state index contributed by atoms with van der Waals surface area (Å²) in [6.07, 6.45) is 2.22. The minimum absolute atomic E-state index is 0.0542. The molecule has 1 aromatic carbocycles. The van der Waals surface area contributed by atoms with E-state index in [1.807, 2.05) is 10.8 Å². The third-order valence-corrected chi connectivity index (χ3v) is 5.42. The fourth-order valence-corrected chi connectivity index (χ4v) is 3.78. The number of rotatable bonds is 7. The van der Waals surface area contributed by atoms with Crippen molar-refractivity contribution >= 4 is 11.7 Å². The summed E-state index contributed by atoms with van der Waals surface area (Å²) in [5, 5.41) is 9.73. The minimum Gasteiger partial charge on any atom is -0.497 e. The number of methoxy groups -OCH3 is 1. The molecular weight excluding hydrogens is 425 g/mol. The lowest BCUT2D eigenvalue weighted by Crippen LogP contribution is -2.36. The number of aryl methyl sites for hydroxylation is 1. The topological polar surface area (TPSA) is 86.0 Å². The van der Waals surface area contributed by atoms with Crippen molar-refractivity contribution in [3.63, 3.8) is 0 Å². The smallest absolute Gasteiger partial charge is 0.410 e. The summed E-state index contributed by atoms with van der Waals surface area (Å²) >= 11 is 0. The molecule has 0 aliphatic carbocycles. The van der Waals surface area contributed by atoms with E-state index in [0.29, 0.717) is 30.8 Å². The summed E-state index contributed by atoms with van der Waals surface area (Å²) in [6, 6.07) is 4.35. The highest BCUT2D eigenvalue weighted by Gasteiger charge is 2.47. The number of benzene rings is 1. The molecule has 2 unspecified atom stereocenters. The zero-order valence-corrected chi connectivity index (χ0v) is 17.3. The van der Waals surface area contributed by atoms with Crippen molar-refractivity contribution in [1.29, 1.82) is 0 Å². The predicted octanol–water partition coefficient (Wildman–Crippen LogP) is 3.57. The van der Waals surface area contributed by atoms with Crippen molar-refractivity contribution in [1.82, 2.24) is 24.6 Å². The van der Waals surface area contributed by atoms with Crippen LogP contribution in [0.1, 0.15) is 40.8 Å². The average Bonchev–Trinajstić information content (AvgIpc) is 3.45. The summed E-state index contributed by atoms with van der Waals surface area (Å²) in [4.78, 5) is 16.7. The van der Waals surface area contributed by atoms with E-state index in [4.69, 9.17) is 4.74 Å². The van der Waals surface area contributed by atoms with Crippen LogP contribution in [0.4, 0.5) is 19.0 Å². The van der Waals surface area contributed by atoms with Gasteiger partial charge in [0.25, 0.3) is 5.91 Å². The van der Waals surface area contributed by atoms with Crippen LogP contribution in [0.5, 0.6) is 5.75 Å². The first kappa shape index (κ1) is 21.7. The van der Waals surface area contributed by atoms with Crippen molar-refractivity contribution in [3.8, 4) is 5.75 Å². The molecule has 0 saturated carbocycles. The number of alkyl halides is 3. The van der Waals surface area contributed by atoms with Gasteiger partial charge in [-0.3, -0.25) is 4.79 Å². The van der Waals surface area contributed by atoms with Crippen molar-refractivity contribution in [2.24, 2.45) is 0 Å². The second kappa shape index (κ2) is 8.93. The second-order valence-electron chi connectivity index (χ2n) is 7.53. The lowest BCUT2D eigenvalue weighted by atomic mass is 9.96. The molecule has 2 aromatic heterocycles. The van der Waals surface area contributed by atoms with E-state index in [2.05, 4.69) is 20.7 Å². The van der Waals surface area contributed by atoms with Crippen LogP contribution in [0.3, 0.4) is 0 Å². The molecule has 32 heavy (non-hydrogen) atoms. The highest BCUT2D eigenvalue weighted by molar-refractivity contribution is 5.98. The number of anilines is 1. The van der Waals surface area contributed by atoms with Gasteiger partial charge in [-0.05, 0) is 24.1 Å². The molecule has 0 saturated heterocycles. The van der Waals surface area contributed by atoms with E-state index in [1.165, 1.54) is 13.3 Å². The second-order valence-corrected chi connectivity index (χ2v) is 7.53. The van der Waals surface area contributed by atoms with Crippen LogP contribution in [0.2, 0.25) is 0 Å². The number of carbonyl (C=O) groups is 1. The first-order valence-electron chi connectivity index (χ1n) is 10.2. The van der Waals surface area contributed by atoms with Gasteiger partial charge in [0.1, 0.15) is 17.1 Å². The first-order chi connectivity index (χ1) is 15.4. The van der Waals surface area contributed by atoms with Crippen LogP contribution in [0, 0.1) is 0 Å². The standard InChI is InChI=1S/C21H23F3N6O2/c1-32-15-5-2-4-14(10-15)17-11-18(21(22,23)24)30-19(28-17)16(12-27-30)20(31)26-6-3-8-29-9-7-25-13-29/h2,4-5,7,9-10,12-13,17-18,28H,3,6,8,11H2,1H3,(H,26,31). The first-order valence-corrected chi connectivity index (χ1v) is 10.2. The van der Waals surface area contributed by atoms with Crippen LogP contribution >= 0.6 is 0 Å². The normalized spacial score (nSPS) is 18.0. The van der Waals surface area contributed by atoms with E-state index >= 15 is 0 Å². The number of nitrogens with zero attached hydrogens (tertiary/aromatic N) is 4. The fourth-order valence-electron chi connectivity index (χ4n) is 3.78. The summed E-state index contributed by atoms with van der Waals surface area (Å²) in [5.74, 6) is 0.123. The van der Waals surface area contributed by atoms with Crippen molar-refractivity contribution in [3.05, 3.63) is 60.3 Å². The van der Waals surface area contributed by atoms with Gasteiger partial charge in [0.2, 0.25) is 0 Å². The Morgan fingerprint density at radius 1 is 1.38 bits per heavy atom. The van der Waals surface area contributed by atoms with Crippen LogP contribution < -0.4 is 15.4 Å². The van der Waals surface area contributed by atoms with Gasteiger partial charge in [0.15, 0.2) is 6.04 Å². The van der Waals surface area contributed by atoms with E-state index < -0.39 is 24.2 Å². The SMILES string of the molecule is COc1cccc(C2CC(C(F)(F)F)n3ncc(C(=O)NCCCn4ccnc4)c3N2)c1. The lowest BCUT2D eigenvalue weighted by molar-refractivity contribution is -0.173. The Kier molecular flexibility index (Phi) is 6.06. The average molecular weight is 448 g/mol. The van der Waals surface area contributed by atoms with Gasteiger partial charge >= 0.3 is 6.18 Å². The monoisotopic (exact) mass is 448 g/mol. The van der Waals surface area contributed by atoms with Gasteiger partial charge in [0, 0.05) is 31.9 Å². The third kappa shape index (κ3) is 4.56. The molecule has 0 radical (unpaired) electrons. The van der Waals surface area contributed by atoms with Gasteiger partial charge in [0.05, 0.1) is 25.7 Å². The Bertz CT molecular complexity index is 1060. The Labute approximate surface area is 182 Å². The van der Waals surface area contributed by atoms with Crippen molar-refractivity contribution < 1.29 is 22.7 Å². The van der Waals surface area contributed by atoms with Crippen LogP contribution in [0.15, 0.2) is 49.2 Å². The third-order valence-electron chi connectivity index (χ3n) is 5.42. The molecule has 8 nitrogen and oxygen atoms in total.